The lowest BCUT2D eigenvalue weighted by Crippen LogP contribution is -2.29. The second-order valence-electron chi connectivity index (χ2n) is 6.51. The van der Waals surface area contributed by atoms with Crippen molar-refractivity contribution in [2.75, 3.05) is 0 Å². The van der Waals surface area contributed by atoms with Crippen LogP contribution in [-0.4, -0.2) is 24.0 Å². The fourth-order valence-corrected chi connectivity index (χ4v) is 3.20. The molecule has 1 heterocycles. The molecule has 0 aliphatic rings. The van der Waals surface area contributed by atoms with Gasteiger partial charge in [-0.05, 0) is 56.4 Å². The first-order chi connectivity index (χ1) is 10.9. The summed E-state index contributed by atoms with van der Waals surface area (Å²) in [5, 5.41) is 0. The summed E-state index contributed by atoms with van der Waals surface area (Å²) < 4.78 is 6.14. The molecule has 0 unspecified atom stereocenters. The number of fused-ring (bicyclic) bond motifs is 1. The van der Waals surface area contributed by atoms with Crippen LogP contribution in [0.2, 0.25) is 19.6 Å². The Bertz CT molecular complexity index is 862. The Labute approximate surface area is 137 Å². The standard InChI is InChI=1S/C18H21N3OSi/c1-13(14-9-10-15-17(11-14)20-12-19-15)21-16-7-5-6-8-18(16)22-23(2,3)4/h5-12H,1-4H3,(H,19,20). The van der Waals surface area contributed by atoms with Crippen molar-refractivity contribution in [2.45, 2.75) is 26.6 Å². The molecule has 118 valence electrons. The zero-order chi connectivity index (χ0) is 16.4. The highest BCUT2D eigenvalue weighted by atomic mass is 28.4. The van der Waals surface area contributed by atoms with Gasteiger partial charge in [-0.1, -0.05) is 18.2 Å². The number of para-hydroxylation sites is 2. The van der Waals surface area contributed by atoms with Crippen molar-refractivity contribution in [3.05, 3.63) is 54.4 Å². The molecule has 0 atom stereocenters. The quantitative estimate of drug-likeness (QED) is 0.547. The predicted octanol–water partition coefficient (Wildman–Crippen LogP) is 4.92. The maximum Gasteiger partial charge on any atom is 0.242 e. The molecule has 3 rings (SSSR count). The summed E-state index contributed by atoms with van der Waals surface area (Å²) >= 11 is 0. The Morgan fingerprint density at radius 1 is 1.13 bits per heavy atom. The Hall–Kier alpha value is -2.40. The van der Waals surface area contributed by atoms with Gasteiger partial charge in [0.1, 0.15) is 11.4 Å². The van der Waals surface area contributed by atoms with Crippen LogP contribution in [0.15, 0.2) is 53.8 Å². The molecule has 0 spiro atoms. The number of nitrogens with zero attached hydrogens (tertiary/aromatic N) is 2. The number of benzene rings is 2. The smallest absolute Gasteiger partial charge is 0.242 e. The first-order valence-electron chi connectivity index (χ1n) is 7.69. The van der Waals surface area contributed by atoms with Gasteiger partial charge >= 0.3 is 0 Å². The van der Waals surface area contributed by atoms with E-state index in [4.69, 9.17) is 9.42 Å². The molecule has 0 bridgehead atoms. The average Bonchev–Trinajstić information content (AvgIpc) is 2.95. The number of imidazole rings is 1. The van der Waals surface area contributed by atoms with Gasteiger partial charge in [0, 0.05) is 5.71 Å². The monoisotopic (exact) mass is 323 g/mol. The van der Waals surface area contributed by atoms with Gasteiger partial charge in [-0.3, -0.25) is 0 Å². The van der Waals surface area contributed by atoms with E-state index >= 15 is 0 Å². The van der Waals surface area contributed by atoms with Gasteiger partial charge in [0.25, 0.3) is 0 Å². The normalized spacial score (nSPS) is 12.6. The molecule has 3 aromatic rings. The van der Waals surface area contributed by atoms with Crippen molar-refractivity contribution >= 4 is 30.7 Å². The number of aromatic nitrogens is 2. The largest absolute Gasteiger partial charge is 0.543 e. The topological polar surface area (TPSA) is 50.3 Å². The number of aliphatic imine (C=N–C) groups is 1. The van der Waals surface area contributed by atoms with Crippen LogP contribution >= 0.6 is 0 Å². The molecule has 0 saturated carbocycles. The zero-order valence-corrected chi connectivity index (χ0v) is 14.9. The number of hydrogen-bond acceptors (Lipinski definition) is 3. The second-order valence-corrected chi connectivity index (χ2v) is 10.9. The molecular weight excluding hydrogens is 302 g/mol. The Balaban J connectivity index is 1.97. The second kappa shape index (κ2) is 6.00. The van der Waals surface area contributed by atoms with Crippen LogP contribution < -0.4 is 4.43 Å². The van der Waals surface area contributed by atoms with Crippen LogP contribution in [0.5, 0.6) is 5.75 Å². The molecule has 0 radical (unpaired) electrons. The summed E-state index contributed by atoms with van der Waals surface area (Å²) in [5.74, 6) is 0.855. The highest BCUT2D eigenvalue weighted by molar-refractivity contribution is 6.70. The average molecular weight is 323 g/mol. The van der Waals surface area contributed by atoms with E-state index in [1.807, 2.05) is 43.3 Å². The molecule has 1 N–H and O–H groups in total. The van der Waals surface area contributed by atoms with E-state index in [9.17, 15) is 0 Å². The van der Waals surface area contributed by atoms with E-state index in [2.05, 4.69) is 35.7 Å². The van der Waals surface area contributed by atoms with Crippen LogP contribution in [0.1, 0.15) is 12.5 Å². The van der Waals surface area contributed by atoms with E-state index in [1.165, 1.54) is 0 Å². The minimum absolute atomic E-state index is 0.855. The summed E-state index contributed by atoms with van der Waals surface area (Å²) in [4.78, 5) is 12.2. The molecule has 0 amide bonds. The molecule has 4 nitrogen and oxygen atoms in total. The minimum Gasteiger partial charge on any atom is -0.543 e. The molecule has 5 heteroatoms. The van der Waals surface area contributed by atoms with E-state index in [0.717, 1.165) is 33.7 Å². The highest BCUT2D eigenvalue weighted by Gasteiger charge is 2.18. The fraction of sp³-hybridized carbons (Fsp3) is 0.222. The molecule has 23 heavy (non-hydrogen) atoms. The van der Waals surface area contributed by atoms with Crippen LogP contribution in [0.3, 0.4) is 0 Å². The highest BCUT2D eigenvalue weighted by Crippen LogP contribution is 2.30. The lowest BCUT2D eigenvalue weighted by Gasteiger charge is -2.20. The summed E-state index contributed by atoms with van der Waals surface area (Å²) in [7, 11) is -1.67. The van der Waals surface area contributed by atoms with Gasteiger partial charge in [-0.15, -0.1) is 0 Å². The molecule has 0 aliphatic carbocycles. The summed E-state index contributed by atoms with van der Waals surface area (Å²) in [6.07, 6.45) is 1.71. The molecule has 2 aromatic carbocycles. The lowest BCUT2D eigenvalue weighted by atomic mass is 10.1. The number of nitrogens with one attached hydrogen (secondary N) is 1. The number of H-pyrrole nitrogens is 1. The first kappa shape index (κ1) is 15.5. The molecular formula is C18H21N3OSi. The van der Waals surface area contributed by atoms with Gasteiger partial charge in [-0.25, -0.2) is 9.98 Å². The zero-order valence-electron chi connectivity index (χ0n) is 13.9. The first-order valence-corrected chi connectivity index (χ1v) is 11.1. The Morgan fingerprint density at radius 3 is 2.70 bits per heavy atom. The third-order valence-corrected chi connectivity index (χ3v) is 4.24. The van der Waals surface area contributed by atoms with Crippen LogP contribution in [-0.2, 0) is 0 Å². The van der Waals surface area contributed by atoms with Gasteiger partial charge in [-0.2, -0.15) is 0 Å². The van der Waals surface area contributed by atoms with Gasteiger partial charge < -0.3 is 9.41 Å². The Morgan fingerprint density at radius 2 is 1.91 bits per heavy atom. The number of hydrogen-bond donors (Lipinski definition) is 1. The summed E-state index contributed by atoms with van der Waals surface area (Å²) in [6, 6.07) is 14.1. The molecule has 0 aliphatic heterocycles. The number of rotatable bonds is 4. The van der Waals surface area contributed by atoms with Crippen molar-refractivity contribution in [2.24, 2.45) is 4.99 Å². The van der Waals surface area contributed by atoms with Gasteiger partial charge in [0.2, 0.25) is 8.32 Å². The predicted molar refractivity (Wildman–Crippen MR) is 98.4 cm³/mol. The third kappa shape index (κ3) is 3.68. The summed E-state index contributed by atoms with van der Waals surface area (Å²) in [5.41, 5.74) is 4.88. The summed E-state index contributed by atoms with van der Waals surface area (Å²) in [6.45, 7) is 8.54. The van der Waals surface area contributed by atoms with Crippen LogP contribution in [0.4, 0.5) is 5.69 Å². The third-order valence-electron chi connectivity index (χ3n) is 3.41. The van der Waals surface area contributed by atoms with Crippen molar-refractivity contribution in [1.82, 2.24) is 9.97 Å². The van der Waals surface area contributed by atoms with E-state index in [0.29, 0.717) is 0 Å². The molecule has 0 fully saturated rings. The van der Waals surface area contributed by atoms with Crippen LogP contribution in [0, 0.1) is 0 Å². The Kier molecular flexibility index (Phi) is 4.04. The molecule has 0 saturated heterocycles. The van der Waals surface area contributed by atoms with Crippen molar-refractivity contribution in [1.29, 1.82) is 0 Å². The SMILES string of the molecule is CC(=Nc1ccccc1O[Si](C)(C)C)c1ccc2nc[nH]c2c1. The fourth-order valence-electron chi connectivity index (χ4n) is 2.37. The van der Waals surface area contributed by atoms with Crippen molar-refractivity contribution in [3.63, 3.8) is 0 Å². The van der Waals surface area contributed by atoms with Crippen molar-refractivity contribution in [3.8, 4) is 5.75 Å². The van der Waals surface area contributed by atoms with Crippen molar-refractivity contribution < 1.29 is 4.43 Å². The van der Waals surface area contributed by atoms with Gasteiger partial charge in [0.05, 0.1) is 17.4 Å². The minimum atomic E-state index is -1.67. The van der Waals surface area contributed by atoms with Gasteiger partial charge in [0.15, 0.2) is 0 Å². The lowest BCUT2D eigenvalue weighted by molar-refractivity contribution is 0.559. The maximum absolute atomic E-state index is 6.14. The molecule has 1 aromatic heterocycles. The van der Waals surface area contributed by atoms with E-state index < -0.39 is 8.32 Å². The maximum atomic E-state index is 6.14. The van der Waals surface area contributed by atoms with Crippen LogP contribution in [0.25, 0.3) is 11.0 Å². The van der Waals surface area contributed by atoms with E-state index in [-0.39, 0.29) is 0 Å². The number of aromatic amines is 1. The van der Waals surface area contributed by atoms with E-state index in [1.54, 1.807) is 6.33 Å².